The van der Waals surface area contributed by atoms with Crippen LogP contribution in [0.4, 0.5) is 5.69 Å². The van der Waals surface area contributed by atoms with E-state index in [1.54, 1.807) is 6.07 Å². The Hall–Kier alpha value is -2.88. The van der Waals surface area contributed by atoms with Gasteiger partial charge in [-0.15, -0.1) is 11.3 Å². The molecule has 0 saturated carbocycles. The number of anilines is 1. The van der Waals surface area contributed by atoms with Crippen LogP contribution < -0.4 is 9.64 Å². The number of aromatic nitrogens is 1. The lowest BCUT2D eigenvalue weighted by Gasteiger charge is -2.27. The monoisotopic (exact) mass is 381 g/mol. The summed E-state index contributed by atoms with van der Waals surface area (Å²) in [5.41, 5.74) is 3.10. The van der Waals surface area contributed by atoms with Gasteiger partial charge in [0.2, 0.25) is 0 Å². The van der Waals surface area contributed by atoms with Crippen LogP contribution in [0.3, 0.4) is 0 Å². The van der Waals surface area contributed by atoms with Gasteiger partial charge in [0.15, 0.2) is 6.61 Å². The summed E-state index contributed by atoms with van der Waals surface area (Å²) in [5, 5.41) is 12.4. The van der Waals surface area contributed by atoms with E-state index in [2.05, 4.69) is 4.98 Å². The highest BCUT2D eigenvalue weighted by Gasteiger charge is 2.26. The highest BCUT2D eigenvalue weighted by molar-refractivity contribution is 7.13. The molecule has 0 saturated heterocycles. The van der Waals surface area contributed by atoms with Crippen LogP contribution >= 0.6 is 22.9 Å². The molecular formula is C19H12ClN3O2S. The van der Waals surface area contributed by atoms with Crippen molar-refractivity contribution in [2.75, 3.05) is 18.1 Å². The van der Waals surface area contributed by atoms with E-state index in [9.17, 15) is 4.79 Å². The number of hydrogen-bond acceptors (Lipinski definition) is 5. The van der Waals surface area contributed by atoms with E-state index < -0.39 is 0 Å². The number of fused-ring (bicyclic) bond motifs is 1. The molecule has 4 rings (SSSR count). The molecule has 0 spiro atoms. The fourth-order valence-corrected chi connectivity index (χ4v) is 3.92. The summed E-state index contributed by atoms with van der Waals surface area (Å²) in [7, 11) is 0. The molecule has 0 atom stereocenters. The van der Waals surface area contributed by atoms with Gasteiger partial charge in [-0.2, -0.15) is 5.26 Å². The van der Waals surface area contributed by atoms with Gasteiger partial charge in [0.1, 0.15) is 17.3 Å². The maximum Gasteiger partial charge on any atom is 0.265 e. The van der Waals surface area contributed by atoms with Crippen molar-refractivity contribution in [2.24, 2.45) is 0 Å². The predicted octanol–water partition coefficient (Wildman–Crippen LogP) is 4.38. The Morgan fingerprint density at radius 2 is 2.15 bits per heavy atom. The molecule has 0 radical (unpaired) electrons. The smallest absolute Gasteiger partial charge is 0.265 e. The Balaban J connectivity index is 1.73. The average Bonchev–Trinajstić information content (AvgIpc) is 3.14. The van der Waals surface area contributed by atoms with Gasteiger partial charge in [-0.25, -0.2) is 4.98 Å². The van der Waals surface area contributed by atoms with Crippen molar-refractivity contribution < 1.29 is 9.53 Å². The molecule has 1 aliphatic heterocycles. The largest absolute Gasteiger partial charge is 0.482 e. The van der Waals surface area contributed by atoms with E-state index in [0.29, 0.717) is 16.5 Å². The summed E-state index contributed by atoms with van der Waals surface area (Å²) in [6.45, 7) is -0.0675. The second kappa shape index (κ2) is 6.79. The molecule has 3 aromatic rings. The number of thiazole rings is 1. The normalized spacial score (nSPS) is 13.1. The molecule has 0 aliphatic carbocycles. The Morgan fingerprint density at radius 1 is 1.31 bits per heavy atom. The minimum absolute atomic E-state index is 0.0133. The van der Waals surface area contributed by atoms with E-state index in [0.717, 1.165) is 21.8 Å². The van der Waals surface area contributed by atoms with E-state index in [-0.39, 0.29) is 19.1 Å². The van der Waals surface area contributed by atoms with Gasteiger partial charge in [0, 0.05) is 16.5 Å². The maximum atomic E-state index is 12.0. The predicted molar refractivity (Wildman–Crippen MR) is 101 cm³/mol. The number of carbonyl (C=O) groups is 1. The number of carbonyl (C=O) groups excluding carboxylic acids is 1. The van der Waals surface area contributed by atoms with E-state index in [1.807, 2.05) is 47.8 Å². The first kappa shape index (κ1) is 16.6. The first-order chi connectivity index (χ1) is 12.7. The number of halogens is 1. The molecule has 26 heavy (non-hydrogen) atoms. The SMILES string of the molecule is N#CCN1C(=O)COc2ccc(-c3csc(-c4ccccc4Cl)n3)cc21. The van der Waals surface area contributed by atoms with E-state index in [1.165, 1.54) is 16.2 Å². The highest BCUT2D eigenvalue weighted by Crippen LogP contribution is 2.38. The Labute approximate surface area is 159 Å². The Bertz CT molecular complexity index is 1040. The zero-order valence-electron chi connectivity index (χ0n) is 13.5. The van der Waals surface area contributed by atoms with Crippen LogP contribution in [-0.4, -0.2) is 24.0 Å². The zero-order chi connectivity index (χ0) is 18.1. The summed E-state index contributed by atoms with van der Waals surface area (Å²) in [5.74, 6) is 0.358. The fraction of sp³-hybridized carbons (Fsp3) is 0.105. The third kappa shape index (κ3) is 2.92. The number of rotatable bonds is 3. The van der Waals surface area contributed by atoms with Crippen molar-refractivity contribution in [1.82, 2.24) is 4.98 Å². The number of nitrogens with zero attached hydrogens (tertiary/aromatic N) is 3. The maximum absolute atomic E-state index is 12.0. The molecule has 1 aromatic heterocycles. The van der Waals surface area contributed by atoms with Gasteiger partial charge >= 0.3 is 0 Å². The molecule has 0 unspecified atom stereocenters. The third-order valence-electron chi connectivity index (χ3n) is 4.03. The summed E-state index contributed by atoms with van der Waals surface area (Å²) >= 11 is 7.76. The molecule has 2 aromatic carbocycles. The van der Waals surface area contributed by atoms with Gasteiger partial charge in [-0.1, -0.05) is 29.8 Å². The van der Waals surface area contributed by atoms with Crippen LogP contribution in [0.15, 0.2) is 47.8 Å². The Morgan fingerprint density at radius 3 is 2.96 bits per heavy atom. The minimum Gasteiger partial charge on any atom is -0.482 e. The van der Waals surface area contributed by atoms with Crippen molar-refractivity contribution in [2.45, 2.75) is 0 Å². The summed E-state index contributed by atoms with van der Waals surface area (Å²) in [6, 6.07) is 15.1. The molecule has 1 amide bonds. The first-order valence-corrected chi connectivity index (χ1v) is 9.08. The zero-order valence-corrected chi connectivity index (χ0v) is 15.0. The molecule has 5 nitrogen and oxygen atoms in total. The van der Waals surface area contributed by atoms with E-state index >= 15 is 0 Å². The molecule has 0 N–H and O–H groups in total. The van der Waals surface area contributed by atoms with Crippen LogP contribution in [0.5, 0.6) is 5.75 Å². The molecule has 0 bridgehead atoms. The van der Waals surface area contributed by atoms with Crippen molar-refractivity contribution in [3.63, 3.8) is 0 Å². The van der Waals surface area contributed by atoms with Crippen molar-refractivity contribution >= 4 is 34.5 Å². The van der Waals surface area contributed by atoms with Gasteiger partial charge in [-0.05, 0) is 24.3 Å². The number of hydrogen-bond donors (Lipinski definition) is 0. The molecule has 1 aliphatic rings. The van der Waals surface area contributed by atoms with Crippen LogP contribution in [0.25, 0.3) is 21.8 Å². The standard InChI is InChI=1S/C19H12ClN3O2S/c20-14-4-2-1-3-13(14)19-22-15(11-26-19)12-5-6-17-16(9-12)23(8-7-21)18(24)10-25-17/h1-6,9,11H,8,10H2. The first-order valence-electron chi connectivity index (χ1n) is 7.82. The number of ether oxygens (including phenoxy) is 1. The average molecular weight is 382 g/mol. The molecule has 128 valence electrons. The lowest BCUT2D eigenvalue weighted by Crippen LogP contribution is -2.39. The second-order valence-corrected chi connectivity index (χ2v) is 6.89. The fourth-order valence-electron chi connectivity index (χ4n) is 2.77. The number of nitriles is 1. The van der Waals surface area contributed by atoms with Crippen molar-refractivity contribution in [3.05, 3.63) is 52.9 Å². The summed E-state index contributed by atoms with van der Waals surface area (Å²) in [6.07, 6.45) is 0. The van der Waals surface area contributed by atoms with Gasteiger partial charge in [0.05, 0.1) is 22.5 Å². The molecule has 7 heteroatoms. The van der Waals surface area contributed by atoms with E-state index in [4.69, 9.17) is 21.6 Å². The highest BCUT2D eigenvalue weighted by atomic mass is 35.5. The van der Waals surface area contributed by atoms with Crippen LogP contribution in [0.1, 0.15) is 0 Å². The van der Waals surface area contributed by atoms with Crippen molar-refractivity contribution in [1.29, 1.82) is 5.26 Å². The third-order valence-corrected chi connectivity index (χ3v) is 5.24. The number of benzene rings is 2. The number of amides is 1. The molecule has 0 fully saturated rings. The minimum atomic E-state index is -0.230. The molecular weight excluding hydrogens is 370 g/mol. The lowest BCUT2D eigenvalue weighted by molar-refractivity contribution is -0.121. The quantitative estimate of drug-likeness (QED) is 0.631. The van der Waals surface area contributed by atoms with Crippen molar-refractivity contribution in [3.8, 4) is 33.6 Å². The second-order valence-electron chi connectivity index (χ2n) is 5.63. The summed E-state index contributed by atoms with van der Waals surface area (Å²) < 4.78 is 5.46. The van der Waals surface area contributed by atoms with Gasteiger partial charge < -0.3 is 4.74 Å². The lowest BCUT2D eigenvalue weighted by atomic mass is 10.1. The Kier molecular flexibility index (Phi) is 4.33. The van der Waals surface area contributed by atoms with Crippen LogP contribution in [-0.2, 0) is 4.79 Å². The summed E-state index contributed by atoms with van der Waals surface area (Å²) in [4.78, 5) is 18.2. The molecule has 2 heterocycles. The van der Waals surface area contributed by atoms with Crippen LogP contribution in [0.2, 0.25) is 5.02 Å². The van der Waals surface area contributed by atoms with Crippen LogP contribution in [0, 0.1) is 11.3 Å². The topological polar surface area (TPSA) is 66.2 Å². The van der Waals surface area contributed by atoms with Gasteiger partial charge in [0.25, 0.3) is 5.91 Å². The van der Waals surface area contributed by atoms with Gasteiger partial charge in [-0.3, -0.25) is 9.69 Å².